The first kappa shape index (κ1) is 12.0. The minimum absolute atomic E-state index is 0.00954. The molecule has 1 rings (SSSR count). The van der Waals surface area contributed by atoms with E-state index >= 15 is 0 Å². The maximum Gasteiger partial charge on any atom is 0.154 e. The van der Waals surface area contributed by atoms with E-state index in [0.29, 0.717) is 10.6 Å². The summed E-state index contributed by atoms with van der Waals surface area (Å²) in [5.74, 6) is 0.148. The molecule has 0 atom stereocenters. The summed E-state index contributed by atoms with van der Waals surface area (Å²) in [5, 5.41) is 0.483. The van der Waals surface area contributed by atoms with Crippen LogP contribution in [0, 0.1) is 0 Å². The minimum atomic E-state index is -3.01. The van der Waals surface area contributed by atoms with Crippen LogP contribution in [0.5, 0.6) is 0 Å². The Bertz CT molecular complexity index is 428. The Balaban J connectivity index is 2.99. The van der Waals surface area contributed by atoms with Gasteiger partial charge in [-0.2, -0.15) is 0 Å². The lowest BCUT2D eigenvalue weighted by molar-refractivity contribution is 0.596. The zero-order valence-corrected chi connectivity index (χ0v) is 10.8. The summed E-state index contributed by atoms with van der Waals surface area (Å²) < 4.78 is 23.5. The number of hydrogen-bond donors (Lipinski definition) is 0. The average Bonchev–Trinajstić information content (AvgIpc) is 2.10. The van der Waals surface area contributed by atoms with Gasteiger partial charge in [-0.05, 0) is 17.7 Å². The zero-order chi connectivity index (χ0) is 10.8. The van der Waals surface area contributed by atoms with Crippen molar-refractivity contribution >= 4 is 37.4 Å². The molecule has 0 aliphatic heterocycles. The van der Waals surface area contributed by atoms with E-state index in [1.807, 2.05) is 0 Å². The van der Waals surface area contributed by atoms with E-state index in [4.69, 9.17) is 11.6 Å². The fourth-order valence-electron chi connectivity index (χ4n) is 0.978. The van der Waals surface area contributed by atoms with Crippen LogP contribution in [0.25, 0.3) is 0 Å². The number of benzene rings is 1. The normalized spacial score (nSPS) is 11.6. The van der Waals surface area contributed by atoms with Crippen LogP contribution in [0.4, 0.5) is 0 Å². The van der Waals surface area contributed by atoms with Crippen LogP contribution in [-0.4, -0.2) is 14.2 Å². The largest absolute Gasteiger partial charge is 0.229 e. The standard InChI is InChI=1S/C9H10BrClO2S/c1-2-14(12,13)6-7-3-4-8(10)5-9(7)11/h3-5H,2,6H2,1H3. The van der Waals surface area contributed by atoms with Gasteiger partial charge in [0.1, 0.15) is 0 Å². The van der Waals surface area contributed by atoms with E-state index in [-0.39, 0.29) is 11.5 Å². The van der Waals surface area contributed by atoms with E-state index in [1.165, 1.54) is 0 Å². The monoisotopic (exact) mass is 296 g/mol. The maximum atomic E-state index is 11.3. The second kappa shape index (κ2) is 4.64. The molecule has 0 saturated heterocycles. The number of rotatable bonds is 3. The minimum Gasteiger partial charge on any atom is -0.229 e. The molecule has 0 aliphatic rings. The SMILES string of the molecule is CCS(=O)(=O)Cc1ccc(Br)cc1Cl. The number of hydrogen-bond acceptors (Lipinski definition) is 2. The van der Waals surface area contributed by atoms with Gasteiger partial charge in [-0.15, -0.1) is 0 Å². The Kier molecular flexibility index (Phi) is 3.98. The summed E-state index contributed by atoms with van der Waals surface area (Å²) in [5.41, 5.74) is 0.650. The highest BCUT2D eigenvalue weighted by Gasteiger charge is 2.11. The Morgan fingerprint density at radius 3 is 2.57 bits per heavy atom. The van der Waals surface area contributed by atoms with Crippen LogP contribution < -0.4 is 0 Å². The third kappa shape index (κ3) is 3.26. The molecule has 14 heavy (non-hydrogen) atoms. The first-order valence-electron chi connectivity index (χ1n) is 4.09. The van der Waals surface area contributed by atoms with E-state index in [9.17, 15) is 8.42 Å². The molecular weight excluding hydrogens is 288 g/mol. The number of sulfone groups is 1. The lowest BCUT2D eigenvalue weighted by Crippen LogP contribution is -2.06. The van der Waals surface area contributed by atoms with Gasteiger partial charge in [0.2, 0.25) is 0 Å². The molecule has 0 radical (unpaired) electrons. The van der Waals surface area contributed by atoms with Gasteiger partial charge in [0.05, 0.1) is 5.75 Å². The lowest BCUT2D eigenvalue weighted by Gasteiger charge is -2.04. The van der Waals surface area contributed by atoms with E-state index in [1.54, 1.807) is 25.1 Å². The van der Waals surface area contributed by atoms with Gasteiger partial charge in [0.15, 0.2) is 9.84 Å². The second-order valence-corrected chi connectivity index (χ2v) is 6.59. The summed E-state index contributed by atoms with van der Waals surface area (Å²) in [6.07, 6.45) is 0. The molecule has 0 bridgehead atoms. The van der Waals surface area contributed by atoms with Gasteiger partial charge in [0, 0.05) is 15.2 Å². The zero-order valence-electron chi connectivity index (χ0n) is 7.63. The summed E-state index contributed by atoms with van der Waals surface area (Å²) in [4.78, 5) is 0. The molecular formula is C9H10BrClO2S. The Morgan fingerprint density at radius 2 is 2.07 bits per heavy atom. The molecule has 0 amide bonds. The third-order valence-corrected chi connectivity index (χ3v) is 4.31. The van der Waals surface area contributed by atoms with Crippen molar-refractivity contribution in [2.75, 3.05) is 5.75 Å². The van der Waals surface area contributed by atoms with Crippen LogP contribution in [0.1, 0.15) is 12.5 Å². The molecule has 0 saturated carbocycles. The Morgan fingerprint density at radius 1 is 1.43 bits per heavy atom. The first-order chi connectivity index (χ1) is 6.44. The maximum absolute atomic E-state index is 11.3. The fourth-order valence-corrected chi connectivity index (χ4v) is 2.73. The Hall–Kier alpha value is -0.0600. The predicted octanol–water partition coefficient (Wildman–Crippen LogP) is 3.04. The van der Waals surface area contributed by atoms with Gasteiger partial charge < -0.3 is 0 Å². The van der Waals surface area contributed by atoms with Gasteiger partial charge in [-0.25, -0.2) is 8.42 Å². The van der Waals surface area contributed by atoms with Crippen molar-refractivity contribution in [3.63, 3.8) is 0 Å². The van der Waals surface area contributed by atoms with Gasteiger partial charge in [0.25, 0.3) is 0 Å². The molecule has 0 aromatic heterocycles. The van der Waals surface area contributed by atoms with Crippen LogP contribution >= 0.6 is 27.5 Å². The number of halogens is 2. The molecule has 1 aromatic rings. The van der Waals surface area contributed by atoms with Gasteiger partial charge in [-0.1, -0.05) is 40.5 Å². The quantitative estimate of drug-likeness (QED) is 0.859. The molecule has 78 valence electrons. The lowest BCUT2D eigenvalue weighted by atomic mass is 10.2. The van der Waals surface area contributed by atoms with Crippen molar-refractivity contribution < 1.29 is 8.42 Å². The highest BCUT2D eigenvalue weighted by molar-refractivity contribution is 9.10. The summed E-state index contributed by atoms with van der Waals surface area (Å²) in [6, 6.07) is 5.20. The molecule has 0 spiro atoms. The van der Waals surface area contributed by atoms with Gasteiger partial charge >= 0.3 is 0 Å². The smallest absolute Gasteiger partial charge is 0.154 e. The van der Waals surface area contributed by atoms with Crippen molar-refractivity contribution in [1.29, 1.82) is 0 Å². The third-order valence-electron chi connectivity index (χ3n) is 1.83. The van der Waals surface area contributed by atoms with Crippen molar-refractivity contribution in [1.82, 2.24) is 0 Å². The van der Waals surface area contributed by atoms with Crippen LogP contribution in [0.2, 0.25) is 5.02 Å². The topological polar surface area (TPSA) is 34.1 Å². The first-order valence-corrected chi connectivity index (χ1v) is 7.08. The highest BCUT2D eigenvalue weighted by Crippen LogP contribution is 2.23. The Labute approximate surface area is 97.3 Å². The van der Waals surface area contributed by atoms with Crippen molar-refractivity contribution in [3.05, 3.63) is 33.3 Å². The molecule has 2 nitrogen and oxygen atoms in total. The van der Waals surface area contributed by atoms with Crippen molar-refractivity contribution in [2.24, 2.45) is 0 Å². The fraction of sp³-hybridized carbons (Fsp3) is 0.333. The van der Waals surface area contributed by atoms with E-state index < -0.39 is 9.84 Å². The highest BCUT2D eigenvalue weighted by atomic mass is 79.9. The van der Waals surface area contributed by atoms with Crippen LogP contribution in [0.3, 0.4) is 0 Å². The van der Waals surface area contributed by atoms with Crippen molar-refractivity contribution in [2.45, 2.75) is 12.7 Å². The molecule has 0 N–H and O–H groups in total. The summed E-state index contributed by atoms with van der Waals surface area (Å²) >= 11 is 9.16. The molecule has 0 fully saturated rings. The van der Waals surface area contributed by atoms with E-state index in [0.717, 1.165) is 4.47 Å². The molecule has 0 unspecified atom stereocenters. The summed E-state index contributed by atoms with van der Waals surface area (Å²) in [7, 11) is -3.01. The molecule has 0 aliphatic carbocycles. The van der Waals surface area contributed by atoms with Crippen molar-refractivity contribution in [3.8, 4) is 0 Å². The molecule has 0 heterocycles. The average molecular weight is 298 g/mol. The summed E-state index contributed by atoms with van der Waals surface area (Å²) in [6.45, 7) is 1.63. The van der Waals surface area contributed by atoms with Crippen LogP contribution in [0.15, 0.2) is 22.7 Å². The molecule has 1 aromatic carbocycles. The van der Waals surface area contributed by atoms with Gasteiger partial charge in [-0.3, -0.25) is 0 Å². The second-order valence-electron chi connectivity index (χ2n) is 2.91. The van der Waals surface area contributed by atoms with E-state index in [2.05, 4.69) is 15.9 Å². The molecule has 5 heteroatoms. The van der Waals surface area contributed by atoms with Crippen LogP contribution in [-0.2, 0) is 15.6 Å². The predicted molar refractivity (Wildman–Crippen MR) is 62.3 cm³/mol.